The molecule has 4 nitrogen and oxygen atoms in total. The zero-order chi connectivity index (χ0) is 21.5. The van der Waals surface area contributed by atoms with E-state index in [1.54, 1.807) is 24.3 Å². The summed E-state index contributed by atoms with van der Waals surface area (Å²) in [5, 5.41) is 11.0. The third-order valence-corrected chi connectivity index (χ3v) is 6.50. The molecule has 1 aliphatic heterocycles. The number of hydrogen-bond donors (Lipinski definition) is 1. The molecule has 3 atom stereocenters. The summed E-state index contributed by atoms with van der Waals surface area (Å²) in [7, 11) is 0. The Morgan fingerprint density at radius 3 is 2.53 bits per heavy atom. The molecule has 1 saturated heterocycles. The van der Waals surface area contributed by atoms with Crippen molar-refractivity contribution in [1.82, 2.24) is 0 Å². The van der Waals surface area contributed by atoms with Crippen molar-refractivity contribution in [1.29, 1.82) is 0 Å². The van der Waals surface area contributed by atoms with E-state index in [0.717, 1.165) is 11.1 Å². The van der Waals surface area contributed by atoms with E-state index in [9.17, 15) is 14.7 Å². The highest BCUT2D eigenvalue weighted by Gasteiger charge is 2.62. The number of benzene rings is 2. The summed E-state index contributed by atoms with van der Waals surface area (Å²) in [6.45, 7) is 9.55. The van der Waals surface area contributed by atoms with Gasteiger partial charge in [0, 0.05) is 11.5 Å². The molecule has 0 spiro atoms. The number of nitrogens with zero attached hydrogens (tertiary/aromatic N) is 1. The monoisotopic (exact) mass is 399 g/mol. The van der Waals surface area contributed by atoms with Crippen LogP contribution in [0.3, 0.4) is 0 Å². The second-order valence-electron chi connectivity index (χ2n) is 8.07. The molecular formula is C26H25NO3. The Morgan fingerprint density at radius 2 is 1.87 bits per heavy atom. The van der Waals surface area contributed by atoms with Gasteiger partial charge in [-0.05, 0) is 43.0 Å². The van der Waals surface area contributed by atoms with Crippen molar-refractivity contribution in [2.75, 3.05) is 4.90 Å². The van der Waals surface area contributed by atoms with Gasteiger partial charge in [-0.15, -0.1) is 6.58 Å². The number of hydrogen-bond acceptors (Lipinski definition) is 3. The summed E-state index contributed by atoms with van der Waals surface area (Å²) < 4.78 is 0. The van der Waals surface area contributed by atoms with Gasteiger partial charge in [0.1, 0.15) is 5.75 Å². The topological polar surface area (TPSA) is 57.6 Å². The van der Waals surface area contributed by atoms with Crippen molar-refractivity contribution < 1.29 is 14.7 Å². The van der Waals surface area contributed by atoms with Crippen LogP contribution in [0.15, 0.2) is 85.5 Å². The number of fused-ring (bicyclic) bond motifs is 1. The van der Waals surface area contributed by atoms with E-state index >= 15 is 0 Å². The van der Waals surface area contributed by atoms with E-state index in [2.05, 4.69) is 13.2 Å². The van der Waals surface area contributed by atoms with E-state index in [4.69, 9.17) is 0 Å². The lowest BCUT2D eigenvalue weighted by Crippen LogP contribution is -2.41. The zero-order valence-corrected chi connectivity index (χ0v) is 17.0. The van der Waals surface area contributed by atoms with E-state index in [1.165, 1.54) is 4.90 Å². The highest BCUT2D eigenvalue weighted by molar-refractivity contribution is 6.24. The number of rotatable bonds is 5. The quantitative estimate of drug-likeness (QED) is 0.574. The molecule has 1 heterocycles. The van der Waals surface area contributed by atoms with Gasteiger partial charge in [0.25, 0.3) is 0 Å². The first-order valence-electron chi connectivity index (χ1n) is 10.1. The molecular weight excluding hydrogens is 374 g/mol. The fourth-order valence-electron chi connectivity index (χ4n) is 4.98. The normalized spacial score (nSPS) is 25.6. The van der Waals surface area contributed by atoms with E-state index < -0.39 is 17.3 Å². The number of para-hydroxylation sites is 2. The van der Waals surface area contributed by atoms with Gasteiger partial charge in [0.2, 0.25) is 11.8 Å². The number of carbonyl (C=O) groups excluding carboxylic acids is 2. The molecule has 4 rings (SSSR count). The number of anilines is 1. The van der Waals surface area contributed by atoms with Crippen LogP contribution in [0, 0.1) is 11.3 Å². The average Bonchev–Trinajstić information content (AvgIpc) is 2.95. The number of phenols is 1. The zero-order valence-electron chi connectivity index (χ0n) is 17.0. The molecule has 152 valence electrons. The summed E-state index contributed by atoms with van der Waals surface area (Å²) in [5.41, 5.74) is 1.80. The highest BCUT2D eigenvalue weighted by atomic mass is 16.3. The molecule has 0 saturated carbocycles. The van der Waals surface area contributed by atoms with Gasteiger partial charge in [-0.1, -0.05) is 61.2 Å². The molecule has 4 heteroatoms. The van der Waals surface area contributed by atoms with Gasteiger partial charge in [-0.2, -0.15) is 0 Å². The SMILES string of the molecule is C=CCc1cccc([C@H]2C(C=C)=CC[C@H]3C(=O)N(c4ccccc4)C(=O)[C@@]23C)c1O. The van der Waals surface area contributed by atoms with Gasteiger partial charge >= 0.3 is 0 Å². The number of carbonyl (C=O) groups is 2. The fourth-order valence-corrected chi connectivity index (χ4v) is 4.98. The first kappa shape index (κ1) is 19.9. The second-order valence-corrected chi connectivity index (χ2v) is 8.07. The molecule has 2 aliphatic rings. The maximum absolute atomic E-state index is 13.8. The lowest BCUT2D eigenvalue weighted by Gasteiger charge is -2.40. The minimum absolute atomic E-state index is 0.149. The average molecular weight is 399 g/mol. The predicted molar refractivity (Wildman–Crippen MR) is 118 cm³/mol. The lowest BCUT2D eigenvalue weighted by atomic mass is 9.59. The third kappa shape index (κ3) is 2.75. The van der Waals surface area contributed by atoms with Crippen LogP contribution in [-0.4, -0.2) is 16.9 Å². The molecule has 1 N–H and O–H groups in total. The van der Waals surface area contributed by atoms with Crippen LogP contribution >= 0.6 is 0 Å². The van der Waals surface area contributed by atoms with E-state index in [0.29, 0.717) is 24.1 Å². The van der Waals surface area contributed by atoms with Crippen LogP contribution in [0.2, 0.25) is 0 Å². The number of imide groups is 1. The smallest absolute Gasteiger partial charge is 0.241 e. The van der Waals surface area contributed by atoms with Crippen molar-refractivity contribution in [3.05, 3.63) is 96.6 Å². The van der Waals surface area contributed by atoms with E-state index in [-0.39, 0.29) is 17.6 Å². The van der Waals surface area contributed by atoms with Gasteiger partial charge in [0.15, 0.2) is 0 Å². The Bertz CT molecular complexity index is 1070. The lowest BCUT2D eigenvalue weighted by molar-refractivity contribution is -0.127. The maximum atomic E-state index is 13.8. The Kier molecular flexibility index (Phi) is 4.94. The minimum atomic E-state index is -1.02. The summed E-state index contributed by atoms with van der Waals surface area (Å²) >= 11 is 0. The molecule has 2 amide bonds. The van der Waals surface area contributed by atoms with Crippen molar-refractivity contribution in [2.45, 2.75) is 25.7 Å². The molecule has 0 radical (unpaired) electrons. The van der Waals surface area contributed by atoms with Gasteiger partial charge < -0.3 is 5.11 Å². The standard InChI is InChI=1S/C26H25NO3/c1-4-10-18-11-9-14-20(23(18)28)22-17(5-2)15-16-21-24(29)27(25(30)26(21,22)3)19-12-7-6-8-13-19/h4-9,11-15,21-22,28H,1-2,10,16H2,3H3/t21-,22+,26+/m0/s1. The largest absolute Gasteiger partial charge is 0.507 e. The van der Waals surface area contributed by atoms with Crippen molar-refractivity contribution in [3.8, 4) is 5.75 Å². The van der Waals surface area contributed by atoms with Crippen molar-refractivity contribution in [2.24, 2.45) is 11.3 Å². The maximum Gasteiger partial charge on any atom is 0.241 e. The number of allylic oxidation sites excluding steroid dienone is 4. The molecule has 1 fully saturated rings. The Balaban J connectivity index is 1.89. The summed E-state index contributed by atoms with van der Waals surface area (Å²) in [6.07, 6.45) is 6.42. The van der Waals surface area contributed by atoms with Crippen molar-refractivity contribution >= 4 is 17.5 Å². The first-order valence-corrected chi connectivity index (χ1v) is 10.1. The predicted octanol–water partition coefficient (Wildman–Crippen LogP) is 4.92. The summed E-state index contributed by atoms with van der Waals surface area (Å²) in [4.78, 5) is 28.4. The molecule has 1 aliphatic carbocycles. The molecule has 0 aromatic heterocycles. The van der Waals surface area contributed by atoms with E-state index in [1.807, 2.05) is 49.4 Å². The fraction of sp³-hybridized carbons (Fsp3) is 0.231. The number of aromatic hydroxyl groups is 1. The van der Waals surface area contributed by atoms with Gasteiger partial charge in [-0.3, -0.25) is 9.59 Å². The first-order chi connectivity index (χ1) is 14.4. The van der Waals surface area contributed by atoms with Crippen LogP contribution in [0.4, 0.5) is 5.69 Å². The summed E-state index contributed by atoms with van der Waals surface area (Å²) in [5.74, 6) is -1.25. The van der Waals surface area contributed by atoms with Gasteiger partial charge in [-0.25, -0.2) is 4.90 Å². The second kappa shape index (κ2) is 7.45. The highest BCUT2D eigenvalue weighted by Crippen LogP contribution is 2.58. The molecule has 2 aromatic rings. The van der Waals surface area contributed by atoms with Crippen LogP contribution < -0.4 is 4.90 Å². The minimum Gasteiger partial charge on any atom is -0.507 e. The Morgan fingerprint density at radius 1 is 1.13 bits per heavy atom. The molecule has 0 bridgehead atoms. The van der Waals surface area contributed by atoms with Crippen LogP contribution in [0.5, 0.6) is 5.75 Å². The van der Waals surface area contributed by atoms with Crippen LogP contribution in [-0.2, 0) is 16.0 Å². The third-order valence-electron chi connectivity index (χ3n) is 6.50. The van der Waals surface area contributed by atoms with Gasteiger partial charge in [0.05, 0.1) is 17.0 Å². The Hall–Kier alpha value is -3.40. The number of amides is 2. The molecule has 0 unspecified atom stereocenters. The number of phenolic OH excluding ortho intramolecular Hbond substituents is 1. The van der Waals surface area contributed by atoms with Crippen LogP contribution in [0.25, 0.3) is 0 Å². The van der Waals surface area contributed by atoms with Crippen molar-refractivity contribution in [3.63, 3.8) is 0 Å². The summed E-state index contributed by atoms with van der Waals surface area (Å²) in [6, 6.07) is 14.6. The van der Waals surface area contributed by atoms with Crippen LogP contribution in [0.1, 0.15) is 30.4 Å². The molecule has 2 aromatic carbocycles. The Labute approximate surface area is 176 Å². The molecule has 30 heavy (non-hydrogen) atoms.